The standard InChI is InChI=1S/C20H16N6S/c1-14-12-26(13-22-14)18-8-7-17(10-16(18)11-21)23-20-24-19(25-27-20)9-15-5-3-2-4-6-15/h2-8,10,12-13H,9H2,1H3,(H,23,24,25). The maximum absolute atomic E-state index is 9.51. The molecule has 0 aliphatic heterocycles. The molecule has 0 fully saturated rings. The van der Waals surface area contributed by atoms with E-state index in [1.165, 1.54) is 17.1 Å². The van der Waals surface area contributed by atoms with Crippen molar-refractivity contribution in [2.24, 2.45) is 0 Å². The van der Waals surface area contributed by atoms with E-state index in [2.05, 4.69) is 37.9 Å². The minimum absolute atomic E-state index is 0.562. The van der Waals surface area contributed by atoms with Crippen LogP contribution in [0, 0.1) is 18.3 Å². The number of hydrogen-bond donors (Lipinski definition) is 1. The Morgan fingerprint density at radius 2 is 2.04 bits per heavy atom. The molecule has 0 atom stereocenters. The van der Waals surface area contributed by atoms with Gasteiger partial charge in [-0.05, 0) is 30.7 Å². The molecule has 2 aromatic heterocycles. The molecule has 132 valence electrons. The normalized spacial score (nSPS) is 10.5. The highest BCUT2D eigenvalue weighted by Gasteiger charge is 2.09. The fourth-order valence-electron chi connectivity index (χ4n) is 2.76. The molecule has 0 unspecified atom stereocenters. The summed E-state index contributed by atoms with van der Waals surface area (Å²) in [7, 11) is 0. The van der Waals surface area contributed by atoms with Gasteiger partial charge in [0, 0.05) is 29.8 Å². The quantitative estimate of drug-likeness (QED) is 0.567. The Bertz CT molecular complexity index is 1110. The molecule has 0 saturated heterocycles. The first-order valence-corrected chi connectivity index (χ1v) is 9.17. The Labute approximate surface area is 160 Å². The first kappa shape index (κ1) is 16.9. The third-order valence-corrected chi connectivity index (χ3v) is 4.70. The van der Waals surface area contributed by atoms with E-state index in [0.717, 1.165) is 22.9 Å². The van der Waals surface area contributed by atoms with Crippen molar-refractivity contribution >= 4 is 22.4 Å². The number of nitrogens with one attached hydrogen (secondary N) is 1. The number of aromatic nitrogens is 4. The predicted octanol–water partition coefficient (Wildman–Crippen LogP) is 4.24. The van der Waals surface area contributed by atoms with Gasteiger partial charge in [-0.3, -0.25) is 0 Å². The van der Waals surface area contributed by atoms with Gasteiger partial charge in [-0.1, -0.05) is 30.3 Å². The van der Waals surface area contributed by atoms with Crippen molar-refractivity contribution < 1.29 is 0 Å². The highest BCUT2D eigenvalue weighted by Crippen LogP contribution is 2.24. The number of rotatable bonds is 5. The third kappa shape index (κ3) is 3.86. The number of nitriles is 1. The van der Waals surface area contributed by atoms with Crippen molar-refractivity contribution in [3.05, 3.63) is 83.7 Å². The molecule has 6 nitrogen and oxygen atoms in total. The van der Waals surface area contributed by atoms with E-state index in [0.29, 0.717) is 17.1 Å². The van der Waals surface area contributed by atoms with Crippen LogP contribution in [0.1, 0.15) is 22.6 Å². The van der Waals surface area contributed by atoms with Crippen LogP contribution in [-0.4, -0.2) is 18.9 Å². The summed E-state index contributed by atoms with van der Waals surface area (Å²) in [5.74, 6) is 0.778. The molecule has 1 N–H and O–H groups in total. The molecule has 0 bridgehead atoms. The molecule has 4 rings (SSSR count). The van der Waals surface area contributed by atoms with Crippen LogP contribution in [-0.2, 0) is 6.42 Å². The number of imidazole rings is 1. The minimum atomic E-state index is 0.562. The molecule has 0 aliphatic rings. The molecule has 7 heteroatoms. The summed E-state index contributed by atoms with van der Waals surface area (Å²) >= 11 is 1.31. The molecule has 2 aromatic carbocycles. The second-order valence-electron chi connectivity index (χ2n) is 6.07. The topological polar surface area (TPSA) is 79.4 Å². The summed E-state index contributed by atoms with van der Waals surface area (Å²) < 4.78 is 6.26. The van der Waals surface area contributed by atoms with Gasteiger partial charge in [0.05, 0.1) is 23.3 Å². The zero-order valence-corrected chi connectivity index (χ0v) is 15.4. The van der Waals surface area contributed by atoms with Crippen LogP contribution in [0.25, 0.3) is 5.69 Å². The van der Waals surface area contributed by atoms with Crippen molar-refractivity contribution in [2.45, 2.75) is 13.3 Å². The van der Waals surface area contributed by atoms with Gasteiger partial charge in [0.15, 0.2) is 0 Å². The lowest BCUT2D eigenvalue weighted by Gasteiger charge is -2.08. The van der Waals surface area contributed by atoms with Crippen LogP contribution in [0.15, 0.2) is 61.1 Å². The van der Waals surface area contributed by atoms with Gasteiger partial charge in [-0.25, -0.2) is 9.97 Å². The lowest BCUT2D eigenvalue weighted by molar-refractivity contribution is 1.04. The van der Waals surface area contributed by atoms with Crippen LogP contribution < -0.4 is 5.32 Å². The second-order valence-corrected chi connectivity index (χ2v) is 6.82. The minimum Gasteiger partial charge on any atom is -0.330 e. The number of nitrogens with zero attached hydrogens (tertiary/aromatic N) is 5. The van der Waals surface area contributed by atoms with Crippen LogP contribution in [0.2, 0.25) is 0 Å². The maximum atomic E-state index is 9.51. The first-order chi connectivity index (χ1) is 13.2. The van der Waals surface area contributed by atoms with Gasteiger partial charge in [-0.2, -0.15) is 9.64 Å². The van der Waals surface area contributed by atoms with Crippen molar-refractivity contribution in [1.29, 1.82) is 5.26 Å². The van der Waals surface area contributed by atoms with Gasteiger partial charge in [0.1, 0.15) is 11.9 Å². The van der Waals surface area contributed by atoms with E-state index in [-0.39, 0.29) is 0 Å². The predicted molar refractivity (Wildman–Crippen MR) is 105 cm³/mol. The van der Waals surface area contributed by atoms with Crippen LogP contribution in [0.4, 0.5) is 10.8 Å². The number of anilines is 2. The van der Waals surface area contributed by atoms with E-state index in [9.17, 15) is 5.26 Å². The summed E-state index contributed by atoms with van der Waals surface area (Å²) in [5.41, 5.74) is 4.24. The van der Waals surface area contributed by atoms with Crippen molar-refractivity contribution in [3.8, 4) is 11.8 Å². The van der Waals surface area contributed by atoms with E-state index in [1.54, 1.807) is 6.33 Å². The molecule has 27 heavy (non-hydrogen) atoms. The fourth-order valence-corrected chi connectivity index (χ4v) is 3.37. The number of hydrogen-bond acceptors (Lipinski definition) is 6. The molecule has 4 aromatic rings. The van der Waals surface area contributed by atoms with E-state index >= 15 is 0 Å². The molecular formula is C20H16N6S. The molecule has 0 radical (unpaired) electrons. The average molecular weight is 372 g/mol. The number of aryl methyl sites for hydroxylation is 1. The Morgan fingerprint density at radius 3 is 2.78 bits per heavy atom. The van der Waals surface area contributed by atoms with E-state index in [4.69, 9.17) is 0 Å². The van der Waals surface area contributed by atoms with Crippen molar-refractivity contribution in [1.82, 2.24) is 18.9 Å². The molecule has 0 spiro atoms. The van der Waals surface area contributed by atoms with Gasteiger partial charge >= 0.3 is 0 Å². The van der Waals surface area contributed by atoms with E-state index in [1.807, 2.05) is 54.1 Å². The zero-order chi connectivity index (χ0) is 18.6. The second kappa shape index (κ2) is 7.40. The van der Waals surface area contributed by atoms with Crippen LogP contribution in [0.3, 0.4) is 0 Å². The highest BCUT2D eigenvalue weighted by atomic mass is 32.1. The zero-order valence-electron chi connectivity index (χ0n) is 14.6. The maximum Gasteiger partial charge on any atom is 0.207 e. The first-order valence-electron chi connectivity index (χ1n) is 8.40. The average Bonchev–Trinajstić information content (AvgIpc) is 3.31. The van der Waals surface area contributed by atoms with Gasteiger partial charge in [-0.15, -0.1) is 0 Å². The SMILES string of the molecule is Cc1cn(-c2ccc(Nc3nc(Cc4ccccc4)ns3)cc2C#N)cn1. The Hall–Kier alpha value is -3.50. The third-order valence-electron chi connectivity index (χ3n) is 4.03. The monoisotopic (exact) mass is 372 g/mol. The Kier molecular flexibility index (Phi) is 4.64. The molecular weight excluding hydrogens is 356 g/mol. The highest BCUT2D eigenvalue weighted by molar-refractivity contribution is 7.09. The summed E-state index contributed by atoms with van der Waals surface area (Å²) in [6.07, 6.45) is 4.30. The smallest absolute Gasteiger partial charge is 0.207 e. The molecule has 0 saturated carbocycles. The van der Waals surface area contributed by atoms with Crippen LogP contribution in [0.5, 0.6) is 0 Å². The molecule has 0 aliphatic carbocycles. The van der Waals surface area contributed by atoms with Crippen LogP contribution >= 0.6 is 11.5 Å². The summed E-state index contributed by atoms with van der Waals surface area (Å²) in [4.78, 5) is 8.76. The fraction of sp³-hybridized carbons (Fsp3) is 0.100. The van der Waals surface area contributed by atoms with E-state index < -0.39 is 0 Å². The Morgan fingerprint density at radius 1 is 1.19 bits per heavy atom. The lowest BCUT2D eigenvalue weighted by atomic mass is 10.1. The molecule has 2 heterocycles. The summed E-state index contributed by atoms with van der Waals surface area (Å²) in [5, 5.41) is 13.5. The largest absolute Gasteiger partial charge is 0.330 e. The summed E-state index contributed by atoms with van der Waals surface area (Å²) in [6, 6.07) is 18.0. The van der Waals surface area contributed by atoms with Crippen molar-refractivity contribution in [2.75, 3.05) is 5.32 Å². The summed E-state index contributed by atoms with van der Waals surface area (Å²) in [6.45, 7) is 1.92. The van der Waals surface area contributed by atoms with Crippen molar-refractivity contribution in [3.63, 3.8) is 0 Å². The number of benzene rings is 2. The Balaban J connectivity index is 1.52. The lowest BCUT2D eigenvalue weighted by Crippen LogP contribution is -1.97. The molecule has 0 amide bonds. The van der Waals surface area contributed by atoms with Gasteiger partial charge in [0.25, 0.3) is 0 Å². The van der Waals surface area contributed by atoms with Gasteiger partial charge in [0.2, 0.25) is 5.13 Å². The van der Waals surface area contributed by atoms with Gasteiger partial charge < -0.3 is 9.88 Å².